The molecule has 5 amide bonds. The van der Waals surface area contributed by atoms with Crippen LogP contribution in [0.3, 0.4) is 0 Å². The van der Waals surface area contributed by atoms with E-state index in [0.29, 0.717) is 30.9 Å². The van der Waals surface area contributed by atoms with Crippen LogP contribution in [0.4, 0.5) is 0 Å². The summed E-state index contributed by atoms with van der Waals surface area (Å²) in [4.78, 5) is 74.2. The van der Waals surface area contributed by atoms with E-state index in [1.165, 1.54) is 6.92 Å². The number of hydrogen-bond donors (Lipinski definition) is 4. The topological polar surface area (TPSA) is 171 Å². The molecule has 1 aliphatic heterocycles. The smallest absolute Gasteiger partial charge is 0.333 e. The monoisotopic (exact) mass is 442 g/mol. The molecule has 1 unspecified atom stereocenters. The summed E-state index contributed by atoms with van der Waals surface area (Å²) in [6.45, 7) is 1.46. The molecule has 31 heavy (non-hydrogen) atoms. The van der Waals surface area contributed by atoms with Gasteiger partial charge < -0.3 is 25.9 Å². The largest absolute Gasteiger partial charge is 0.395 e. The average Bonchev–Trinajstić information content (AvgIpc) is 3.03. The molecule has 0 saturated carbocycles. The molecule has 1 rings (SSSR count). The molecule has 12 heteroatoms. The van der Waals surface area contributed by atoms with E-state index in [1.54, 1.807) is 0 Å². The second kappa shape index (κ2) is 14.1. The average molecular weight is 442 g/mol. The number of amides is 5. The molecule has 0 aromatic carbocycles. The van der Waals surface area contributed by atoms with Crippen LogP contribution in [0.5, 0.6) is 0 Å². The van der Waals surface area contributed by atoms with E-state index < -0.39 is 35.6 Å². The van der Waals surface area contributed by atoms with Gasteiger partial charge in [0, 0.05) is 45.7 Å². The van der Waals surface area contributed by atoms with Crippen molar-refractivity contribution in [2.45, 2.75) is 64.3 Å². The summed E-state index contributed by atoms with van der Waals surface area (Å²) >= 11 is 0. The molecule has 0 aliphatic carbocycles. The van der Waals surface area contributed by atoms with Gasteiger partial charge in [-0.3, -0.25) is 24.0 Å². The number of unbranched alkanes of at least 4 members (excludes halogenated alkanes) is 2. The van der Waals surface area contributed by atoms with Gasteiger partial charge in [0.05, 0.1) is 6.61 Å². The molecule has 12 nitrogen and oxygen atoms in total. The zero-order chi connectivity index (χ0) is 23.2. The van der Waals surface area contributed by atoms with Gasteiger partial charge in [0.25, 0.3) is 11.8 Å². The van der Waals surface area contributed by atoms with Crippen LogP contribution in [-0.4, -0.2) is 71.4 Å². The van der Waals surface area contributed by atoms with E-state index in [0.717, 1.165) is 0 Å². The van der Waals surface area contributed by atoms with Crippen molar-refractivity contribution in [3.05, 3.63) is 0 Å². The molecule has 0 spiro atoms. The standard InChI is InChI=1S/C19H30N4O8/c1-13(25)22-14(19(30)21-11-12-24)6-7-15(26)20-10-4-2-3-5-18(29)31-23-16(27)8-9-17(23)28/h14,24H,2-12H2,1H3,(H,20,26)(H,21,30)(H,22,25). The summed E-state index contributed by atoms with van der Waals surface area (Å²) in [7, 11) is 0. The number of nitrogens with zero attached hydrogens (tertiary/aromatic N) is 1. The van der Waals surface area contributed by atoms with Crippen molar-refractivity contribution >= 4 is 35.5 Å². The maximum absolute atomic E-state index is 11.9. The highest BCUT2D eigenvalue weighted by Gasteiger charge is 2.32. The Morgan fingerprint density at radius 3 is 2.29 bits per heavy atom. The number of hydrogen-bond acceptors (Lipinski definition) is 8. The molecule has 1 aliphatic rings. The summed E-state index contributed by atoms with van der Waals surface area (Å²) in [5, 5.41) is 16.9. The minimum atomic E-state index is -0.866. The molecule has 0 aromatic rings. The number of imide groups is 1. The summed E-state index contributed by atoms with van der Waals surface area (Å²) in [5.74, 6) is -2.85. The fraction of sp³-hybridized carbons (Fsp3) is 0.684. The summed E-state index contributed by atoms with van der Waals surface area (Å²) in [6.07, 6.45) is 1.98. The van der Waals surface area contributed by atoms with E-state index in [4.69, 9.17) is 9.94 Å². The number of nitrogens with one attached hydrogen (secondary N) is 3. The van der Waals surface area contributed by atoms with Gasteiger partial charge >= 0.3 is 5.97 Å². The number of aliphatic hydroxyl groups excluding tert-OH is 1. The number of carbonyl (C=O) groups is 6. The van der Waals surface area contributed by atoms with Crippen molar-refractivity contribution < 1.29 is 38.7 Å². The number of hydroxylamine groups is 2. The van der Waals surface area contributed by atoms with Crippen LogP contribution in [0.1, 0.15) is 58.3 Å². The van der Waals surface area contributed by atoms with Gasteiger partial charge in [0.1, 0.15) is 6.04 Å². The minimum absolute atomic E-state index is 0.0295. The Morgan fingerprint density at radius 1 is 1.00 bits per heavy atom. The third-order valence-electron chi connectivity index (χ3n) is 4.34. The molecule has 174 valence electrons. The lowest BCUT2D eigenvalue weighted by Crippen LogP contribution is -2.47. The first-order valence-corrected chi connectivity index (χ1v) is 10.2. The van der Waals surface area contributed by atoms with Crippen LogP contribution in [0.2, 0.25) is 0 Å². The highest BCUT2D eigenvalue weighted by atomic mass is 16.7. The number of carbonyl (C=O) groups excluding carboxylic acids is 6. The molecule has 4 N–H and O–H groups in total. The Balaban J connectivity index is 2.16. The fourth-order valence-electron chi connectivity index (χ4n) is 2.78. The van der Waals surface area contributed by atoms with Gasteiger partial charge in [0.15, 0.2) is 0 Å². The van der Waals surface area contributed by atoms with E-state index in [1.807, 2.05) is 0 Å². The van der Waals surface area contributed by atoms with Gasteiger partial charge in [-0.15, -0.1) is 5.06 Å². The normalized spacial score (nSPS) is 14.2. The SMILES string of the molecule is CC(=O)NC(CCC(=O)NCCCCCC(=O)ON1C(=O)CCC1=O)C(=O)NCCO. The summed E-state index contributed by atoms with van der Waals surface area (Å²) in [6, 6.07) is -0.866. The van der Waals surface area contributed by atoms with Crippen LogP contribution in [0, 0.1) is 0 Å². The summed E-state index contributed by atoms with van der Waals surface area (Å²) < 4.78 is 0. The van der Waals surface area contributed by atoms with Crippen LogP contribution in [0.25, 0.3) is 0 Å². The van der Waals surface area contributed by atoms with Gasteiger partial charge in [-0.05, 0) is 19.3 Å². The zero-order valence-corrected chi connectivity index (χ0v) is 17.6. The minimum Gasteiger partial charge on any atom is -0.395 e. The predicted molar refractivity (Wildman–Crippen MR) is 106 cm³/mol. The maximum atomic E-state index is 11.9. The molecular weight excluding hydrogens is 412 g/mol. The molecule has 0 bridgehead atoms. The lowest BCUT2D eigenvalue weighted by molar-refractivity contribution is -0.197. The molecule has 1 saturated heterocycles. The van der Waals surface area contributed by atoms with E-state index in [2.05, 4.69) is 16.0 Å². The second-order valence-electron chi connectivity index (χ2n) is 7.01. The fourth-order valence-corrected chi connectivity index (χ4v) is 2.78. The van der Waals surface area contributed by atoms with E-state index in [-0.39, 0.29) is 51.2 Å². The Bertz CT molecular complexity index is 666. The van der Waals surface area contributed by atoms with Crippen LogP contribution in [-0.2, 0) is 33.6 Å². The molecule has 1 atom stereocenters. The quantitative estimate of drug-likeness (QED) is 0.189. The lowest BCUT2D eigenvalue weighted by atomic mass is 10.1. The first-order chi connectivity index (χ1) is 14.7. The van der Waals surface area contributed by atoms with Gasteiger partial charge in [-0.2, -0.15) is 0 Å². The van der Waals surface area contributed by atoms with Crippen LogP contribution >= 0.6 is 0 Å². The predicted octanol–water partition coefficient (Wildman–Crippen LogP) is -1.34. The van der Waals surface area contributed by atoms with Crippen LogP contribution < -0.4 is 16.0 Å². The molecule has 1 fully saturated rings. The van der Waals surface area contributed by atoms with Gasteiger partial charge in [-0.25, -0.2) is 4.79 Å². The first-order valence-electron chi connectivity index (χ1n) is 10.2. The van der Waals surface area contributed by atoms with E-state index in [9.17, 15) is 28.8 Å². The Hall–Kier alpha value is -3.02. The van der Waals surface area contributed by atoms with E-state index >= 15 is 0 Å². The Morgan fingerprint density at radius 2 is 1.68 bits per heavy atom. The summed E-state index contributed by atoms with van der Waals surface area (Å²) in [5.41, 5.74) is 0. The molecule has 0 aromatic heterocycles. The maximum Gasteiger partial charge on any atom is 0.333 e. The van der Waals surface area contributed by atoms with Gasteiger partial charge in [-0.1, -0.05) is 6.42 Å². The molecular formula is C19H30N4O8. The Kier molecular flexibility index (Phi) is 11.8. The van der Waals surface area contributed by atoms with Crippen molar-refractivity contribution in [2.24, 2.45) is 0 Å². The van der Waals surface area contributed by atoms with Crippen molar-refractivity contribution in [3.63, 3.8) is 0 Å². The molecule has 0 radical (unpaired) electrons. The lowest BCUT2D eigenvalue weighted by Gasteiger charge is -2.17. The number of aliphatic hydroxyl groups is 1. The third kappa shape index (κ3) is 10.5. The van der Waals surface area contributed by atoms with Crippen molar-refractivity contribution in [1.29, 1.82) is 0 Å². The van der Waals surface area contributed by atoms with Crippen molar-refractivity contribution in [1.82, 2.24) is 21.0 Å². The number of rotatable bonds is 14. The highest BCUT2D eigenvalue weighted by Crippen LogP contribution is 2.13. The first kappa shape index (κ1) is 26.0. The van der Waals surface area contributed by atoms with Crippen molar-refractivity contribution in [2.75, 3.05) is 19.7 Å². The van der Waals surface area contributed by atoms with Crippen LogP contribution in [0.15, 0.2) is 0 Å². The molecule has 1 heterocycles. The third-order valence-corrected chi connectivity index (χ3v) is 4.34. The second-order valence-corrected chi connectivity index (χ2v) is 7.01. The van der Waals surface area contributed by atoms with Crippen molar-refractivity contribution in [3.8, 4) is 0 Å². The van der Waals surface area contributed by atoms with Gasteiger partial charge in [0.2, 0.25) is 17.7 Å². The Labute approximate surface area is 180 Å². The zero-order valence-electron chi connectivity index (χ0n) is 17.6. The highest BCUT2D eigenvalue weighted by molar-refractivity contribution is 6.01.